The predicted molar refractivity (Wildman–Crippen MR) is 141 cm³/mol. The molecule has 1 aliphatic heterocycles. The molecular weight excluding hydrogens is 486 g/mol. The Kier molecular flexibility index (Phi) is 8.69. The number of rotatable bonds is 10. The van der Waals surface area contributed by atoms with Gasteiger partial charge >= 0.3 is 5.97 Å². The third-order valence-electron chi connectivity index (χ3n) is 8.39. The van der Waals surface area contributed by atoms with Crippen LogP contribution in [-0.2, 0) is 26.3 Å². The van der Waals surface area contributed by atoms with Crippen molar-refractivity contribution in [2.75, 3.05) is 39.9 Å². The molecule has 4 rings (SSSR count). The van der Waals surface area contributed by atoms with Crippen LogP contribution < -0.4 is 11.1 Å². The molecule has 1 aromatic carbocycles. The average molecular weight is 524 g/mol. The highest BCUT2D eigenvalue weighted by Crippen LogP contribution is 2.49. The second-order valence-corrected chi connectivity index (χ2v) is 10.4. The summed E-state index contributed by atoms with van der Waals surface area (Å²) in [6.45, 7) is 3.68. The van der Waals surface area contributed by atoms with Crippen LogP contribution in [0.5, 0.6) is 0 Å². The molecule has 0 radical (unpaired) electrons. The number of benzene rings is 1. The van der Waals surface area contributed by atoms with E-state index in [0.717, 1.165) is 38.0 Å². The van der Waals surface area contributed by atoms with Crippen molar-refractivity contribution in [1.29, 1.82) is 5.26 Å². The van der Waals surface area contributed by atoms with Gasteiger partial charge in [-0.1, -0.05) is 31.0 Å². The number of carboxylic acids is 1. The van der Waals surface area contributed by atoms with Gasteiger partial charge in [0.05, 0.1) is 24.0 Å². The molecule has 1 aromatic heterocycles. The van der Waals surface area contributed by atoms with Crippen molar-refractivity contribution in [3.8, 4) is 6.07 Å². The van der Waals surface area contributed by atoms with Gasteiger partial charge in [-0.2, -0.15) is 5.26 Å². The summed E-state index contributed by atoms with van der Waals surface area (Å²) < 4.78 is 7.03. The monoisotopic (exact) mass is 523 g/mol. The van der Waals surface area contributed by atoms with Crippen LogP contribution in [0.2, 0.25) is 0 Å². The van der Waals surface area contributed by atoms with Crippen LogP contribution in [0.4, 0.5) is 0 Å². The lowest BCUT2D eigenvalue weighted by atomic mass is 9.60. The summed E-state index contributed by atoms with van der Waals surface area (Å²) in [5, 5.41) is 22.8. The number of carbonyl (C=O) groups is 3. The molecule has 10 nitrogen and oxygen atoms in total. The molecule has 1 saturated carbocycles. The second kappa shape index (κ2) is 12.0. The highest BCUT2D eigenvalue weighted by Gasteiger charge is 2.54. The van der Waals surface area contributed by atoms with Crippen LogP contribution in [0.15, 0.2) is 24.3 Å². The first kappa shape index (κ1) is 27.6. The predicted octanol–water partition coefficient (Wildman–Crippen LogP) is 2.25. The maximum Gasteiger partial charge on any atom is 0.352 e. The molecule has 2 aromatic rings. The van der Waals surface area contributed by atoms with Crippen molar-refractivity contribution in [2.24, 2.45) is 17.6 Å². The van der Waals surface area contributed by atoms with Crippen LogP contribution in [0, 0.1) is 23.2 Å². The van der Waals surface area contributed by atoms with Crippen molar-refractivity contribution in [3.05, 3.63) is 35.5 Å². The van der Waals surface area contributed by atoms with Crippen molar-refractivity contribution in [3.63, 3.8) is 0 Å². The van der Waals surface area contributed by atoms with Gasteiger partial charge in [-0.25, -0.2) is 4.79 Å². The number of aromatic nitrogens is 1. The molecule has 2 heterocycles. The molecule has 0 spiro atoms. The van der Waals surface area contributed by atoms with E-state index < -0.39 is 29.1 Å². The molecule has 204 valence electrons. The van der Waals surface area contributed by atoms with Crippen LogP contribution >= 0.6 is 0 Å². The highest BCUT2D eigenvalue weighted by molar-refractivity contribution is 6.06. The number of nitrogens with zero attached hydrogens (tertiary/aromatic N) is 3. The standard InChI is InChI=1S/C28H37N5O5/c1-38-17-16-32-14-9-19(10-15-32)18-33-22-8-3-2-6-20(22)23(24(33)26(35)36)28(27(30)37)11-5-4-7-21(28)25(34)31-13-12-29/h2-3,6,8,19,21H,4-5,7,9-11,13-18H2,1H3,(H2,30,37)(H,31,34)(H,35,36)/t21-,28-/m0/s1. The Morgan fingerprint density at radius 2 is 1.95 bits per heavy atom. The van der Waals surface area contributed by atoms with E-state index in [1.807, 2.05) is 34.9 Å². The zero-order valence-electron chi connectivity index (χ0n) is 21.9. The lowest BCUT2D eigenvalue weighted by Crippen LogP contribution is -2.55. The Hall–Kier alpha value is -3.42. The summed E-state index contributed by atoms with van der Waals surface area (Å²) in [6, 6.07) is 9.28. The number of carbonyl (C=O) groups excluding carboxylic acids is 2. The normalized spacial score (nSPS) is 22.7. The number of hydrogen-bond donors (Lipinski definition) is 3. The number of likely N-dealkylation sites (tertiary alicyclic amines) is 1. The molecule has 10 heteroatoms. The summed E-state index contributed by atoms with van der Waals surface area (Å²) in [4.78, 5) is 41.9. The Bertz CT molecular complexity index is 1230. The van der Waals surface area contributed by atoms with E-state index in [1.165, 1.54) is 0 Å². The van der Waals surface area contributed by atoms with Crippen LogP contribution in [0.1, 0.15) is 54.6 Å². The first-order valence-electron chi connectivity index (χ1n) is 13.4. The van der Waals surface area contributed by atoms with Crippen molar-refractivity contribution >= 4 is 28.7 Å². The van der Waals surface area contributed by atoms with Gasteiger partial charge < -0.3 is 30.4 Å². The van der Waals surface area contributed by atoms with E-state index in [-0.39, 0.29) is 24.6 Å². The van der Waals surface area contributed by atoms with Gasteiger partial charge in [0.15, 0.2) is 0 Å². The number of nitrogens with one attached hydrogen (secondary N) is 1. The minimum absolute atomic E-state index is 0.0341. The van der Waals surface area contributed by atoms with Gasteiger partial charge in [-0.3, -0.25) is 9.59 Å². The van der Waals surface area contributed by atoms with Gasteiger partial charge in [0.2, 0.25) is 11.8 Å². The summed E-state index contributed by atoms with van der Waals surface area (Å²) in [7, 11) is 1.69. The number of nitriles is 1. The van der Waals surface area contributed by atoms with E-state index in [2.05, 4.69) is 10.2 Å². The molecule has 2 atom stereocenters. The zero-order chi connectivity index (χ0) is 27.3. The van der Waals surface area contributed by atoms with Crippen molar-refractivity contribution in [2.45, 2.75) is 50.5 Å². The maximum absolute atomic E-state index is 13.4. The molecule has 2 fully saturated rings. The molecule has 0 unspecified atom stereocenters. The number of fused-ring (bicyclic) bond motifs is 1. The van der Waals surface area contributed by atoms with Crippen LogP contribution in [-0.4, -0.2) is 72.3 Å². The molecular formula is C28H37N5O5. The SMILES string of the molecule is COCCN1CCC(Cn2c(C(=O)O)c([C@]3(C(N)=O)CCCC[C@H]3C(=O)NCC#N)c3ccccc32)CC1. The molecule has 38 heavy (non-hydrogen) atoms. The molecule has 2 amide bonds. The summed E-state index contributed by atoms with van der Waals surface area (Å²) in [5.74, 6) is -2.88. The fourth-order valence-corrected chi connectivity index (χ4v) is 6.53. The van der Waals surface area contributed by atoms with Crippen LogP contribution in [0.3, 0.4) is 0 Å². The van der Waals surface area contributed by atoms with E-state index >= 15 is 0 Å². The average Bonchev–Trinajstić information content (AvgIpc) is 3.25. The number of methoxy groups -OCH3 is 1. The number of para-hydroxylation sites is 1. The first-order chi connectivity index (χ1) is 18.3. The Balaban J connectivity index is 1.81. The van der Waals surface area contributed by atoms with Gasteiger partial charge in [0, 0.05) is 36.7 Å². The van der Waals surface area contributed by atoms with Crippen LogP contribution in [0.25, 0.3) is 10.9 Å². The maximum atomic E-state index is 13.4. The van der Waals surface area contributed by atoms with E-state index in [1.54, 1.807) is 7.11 Å². The Morgan fingerprint density at radius 3 is 2.61 bits per heavy atom. The lowest BCUT2D eigenvalue weighted by Gasteiger charge is -2.41. The summed E-state index contributed by atoms with van der Waals surface area (Å²) in [5.41, 5.74) is 5.71. The highest BCUT2D eigenvalue weighted by atomic mass is 16.5. The number of primary amides is 1. The largest absolute Gasteiger partial charge is 0.477 e. The molecule has 1 saturated heterocycles. The van der Waals surface area contributed by atoms with E-state index in [0.29, 0.717) is 43.4 Å². The number of hydrogen-bond acceptors (Lipinski definition) is 6. The second-order valence-electron chi connectivity index (χ2n) is 10.4. The topological polar surface area (TPSA) is 151 Å². The number of nitrogens with two attached hydrogens (primary N) is 1. The van der Waals surface area contributed by atoms with Crippen molar-refractivity contribution in [1.82, 2.24) is 14.8 Å². The third-order valence-corrected chi connectivity index (χ3v) is 8.39. The molecule has 0 bridgehead atoms. The minimum Gasteiger partial charge on any atom is -0.477 e. The van der Waals surface area contributed by atoms with Gasteiger partial charge in [0.25, 0.3) is 0 Å². The summed E-state index contributed by atoms with van der Waals surface area (Å²) in [6.07, 6.45) is 3.86. The quantitative estimate of drug-likeness (QED) is 0.404. The zero-order valence-corrected chi connectivity index (χ0v) is 21.9. The van der Waals surface area contributed by atoms with Crippen molar-refractivity contribution < 1.29 is 24.2 Å². The van der Waals surface area contributed by atoms with Gasteiger partial charge in [-0.05, 0) is 50.8 Å². The molecule has 2 aliphatic rings. The third kappa shape index (κ3) is 5.13. The van der Waals surface area contributed by atoms with E-state index in [9.17, 15) is 19.5 Å². The number of amides is 2. The number of piperidine rings is 1. The number of aromatic carboxylic acids is 1. The first-order valence-corrected chi connectivity index (χ1v) is 13.4. The number of ether oxygens (including phenoxy) is 1. The lowest BCUT2D eigenvalue weighted by molar-refractivity contribution is -0.137. The molecule has 4 N–H and O–H groups in total. The Morgan fingerprint density at radius 1 is 1.21 bits per heavy atom. The fourth-order valence-electron chi connectivity index (χ4n) is 6.53. The Labute approximate surface area is 222 Å². The van der Waals surface area contributed by atoms with E-state index in [4.69, 9.17) is 15.7 Å². The fraction of sp³-hybridized carbons (Fsp3) is 0.571. The number of carboxylic acid groups (broad SMARTS) is 1. The minimum atomic E-state index is -1.49. The van der Waals surface area contributed by atoms with Gasteiger partial charge in [0.1, 0.15) is 12.2 Å². The molecule has 1 aliphatic carbocycles. The smallest absolute Gasteiger partial charge is 0.352 e. The summed E-state index contributed by atoms with van der Waals surface area (Å²) >= 11 is 0. The van der Waals surface area contributed by atoms with Gasteiger partial charge in [-0.15, -0.1) is 0 Å².